The van der Waals surface area contributed by atoms with Crippen molar-refractivity contribution in [3.8, 4) is 11.5 Å². The zero-order valence-electron chi connectivity index (χ0n) is 17.2. The molecule has 1 aliphatic heterocycles. The van der Waals surface area contributed by atoms with E-state index < -0.39 is 6.04 Å². The summed E-state index contributed by atoms with van der Waals surface area (Å²) >= 11 is 5.35. The molecular weight excluding hydrogens is 416 g/mol. The predicted molar refractivity (Wildman–Crippen MR) is 119 cm³/mol. The molecule has 8 nitrogen and oxygen atoms in total. The first kappa shape index (κ1) is 20.8. The maximum atomic E-state index is 12.9. The Bertz CT molecular complexity index is 1210. The van der Waals surface area contributed by atoms with Crippen molar-refractivity contribution in [2.24, 2.45) is 0 Å². The molecule has 0 spiro atoms. The Kier molecular flexibility index (Phi) is 5.85. The second-order valence-corrected chi connectivity index (χ2v) is 7.50. The third-order valence-corrected chi connectivity index (χ3v) is 5.48. The maximum absolute atomic E-state index is 12.9. The number of hydrogen-bond acceptors (Lipinski definition) is 7. The molecule has 160 valence electrons. The lowest BCUT2D eigenvalue weighted by Gasteiger charge is -2.12. The number of aromatic nitrogens is 2. The largest absolute Gasteiger partial charge is 0.493 e. The van der Waals surface area contributed by atoms with Gasteiger partial charge in [0.25, 0.3) is 5.91 Å². The van der Waals surface area contributed by atoms with Gasteiger partial charge in [0.15, 0.2) is 11.5 Å². The van der Waals surface area contributed by atoms with Gasteiger partial charge in [-0.15, -0.1) is 0 Å². The van der Waals surface area contributed by atoms with Gasteiger partial charge >= 0.3 is 0 Å². The van der Waals surface area contributed by atoms with Gasteiger partial charge in [0.05, 0.1) is 19.7 Å². The van der Waals surface area contributed by atoms with E-state index in [1.807, 2.05) is 30.3 Å². The van der Waals surface area contributed by atoms with Crippen LogP contribution in [0.15, 0.2) is 42.5 Å². The van der Waals surface area contributed by atoms with Gasteiger partial charge in [0, 0.05) is 24.4 Å². The number of fused-ring (bicyclic) bond motifs is 3. The topological polar surface area (TPSA) is 94.5 Å². The molecule has 2 N–H and O–H groups in total. The van der Waals surface area contributed by atoms with Gasteiger partial charge in [-0.05, 0) is 30.3 Å². The molecule has 4 rings (SSSR count). The Labute approximate surface area is 184 Å². The van der Waals surface area contributed by atoms with Gasteiger partial charge < -0.3 is 20.1 Å². The van der Waals surface area contributed by atoms with E-state index in [-0.39, 0.29) is 23.0 Å². The number of ether oxygens (including phenoxy) is 2. The van der Waals surface area contributed by atoms with Crippen molar-refractivity contribution < 1.29 is 19.1 Å². The average molecular weight is 439 g/mol. The van der Waals surface area contributed by atoms with E-state index in [9.17, 15) is 9.59 Å². The van der Waals surface area contributed by atoms with Crippen molar-refractivity contribution in [3.05, 3.63) is 52.8 Å². The van der Waals surface area contributed by atoms with E-state index in [0.717, 1.165) is 5.56 Å². The van der Waals surface area contributed by atoms with Crippen molar-refractivity contribution in [2.75, 3.05) is 19.5 Å². The van der Waals surface area contributed by atoms with Crippen LogP contribution in [-0.2, 0) is 11.3 Å². The molecule has 2 heterocycles. The fourth-order valence-electron chi connectivity index (χ4n) is 3.60. The monoisotopic (exact) mass is 438 g/mol. The highest BCUT2D eigenvalue weighted by atomic mass is 32.1. The van der Waals surface area contributed by atoms with Crippen LogP contribution in [0.3, 0.4) is 0 Å². The van der Waals surface area contributed by atoms with Crippen molar-refractivity contribution in [2.45, 2.75) is 25.4 Å². The van der Waals surface area contributed by atoms with E-state index in [4.69, 9.17) is 21.7 Å². The first-order chi connectivity index (χ1) is 15.0. The van der Waals surface area contributed by atoms with Crippen LogP contribution in [0.1, 0.15) is 23.2 Å². The number of benzene rings is 2. The number of carbonyl (C=O) groups is 2. The number of methoxy groups -OCH3 is 2. The molecule has 0 unspecified atom stereocenters. The molecule has 31 heavy (non-hydrogen) atoms. The lowest BCUT2D eigenvalue weighted by molar-refractivity contribution is -0.121. The quantitative estimate of drug-likeness (QED) is 0.547. The molecule has 3 aromatic rings. The number of anilines is 1. The van der Waals surface area contributed by atoms with Crippen molar-refractivity contribution in [1.82, 2.24) is 14.9 Å². The molecule has 1 aromatic heterocycles. The number of carbonyl (C=O) groups excluding carboxylic acids is 2. The van der Waals surface area contributed by atoms with Crippen LogP contribution in [0.5, 0.6) is 11.5 Å². The van der Waals surface area contributed by atoms with Crippen molar-refractivity contribution in [3.63, 3.8) is 0 Å². The summed E-state index contributed by atoms with van der Waals surface area (Å²) in [4.78, 5) is 29.6. The van der Waals surface area contributed by atoms with Crippen LogP contribution < -0.4 is 20.1 Å². The molecule has 0 aliphatic carbocycles. The Morgan fingerprint density at radius 3 is 2.61 bits per heavy atom. The summed E-state index contributed by atoms with van der Waals surface area (Å²) in [7, 11) is 3.09. The Balaban J connectivity index is 1.50. The third kappa shape index (κ3) is 4.09. The van der Waals surface area contributed by atoms with Crippen LogP contribution in [0.4, 0.5) is 5.82 Å². The van der Waals surface area contributed by atoms with Crippen LogP contribution in [0.25, 0.3) is 10.9 Å². The van der Waals surface area contributed by atoms with Crippen LogP contribution in [-0.4, -0.2) is 41.6 Å². The summed E-state index contributed by atoms with van der Waals surface area (Å²) in [5.74, 6) is 1.26. The van der Waals surface area contributed by atoms with Gasteiger partial charge in [0.1, 0.15) is 11.9 Å². The highest BCUT2D eigenvalue weighted by Crippen LogP contribution is 2.36. The third-order valence-electron chi connectivity index (χ3n) is 5.21. The molecule has 0 radical (unpaired) electrons. The molecule has 9 heteroatoms. The summed E-state index contributed by atoms with van der Waals surface area (Å²) in [6.45, 7) is 0.452. The first-order valence-corrected chi connectivity index (χ1v) is 10.2. The minimum Gasteiger partial charge on any atom is -0.493 e. The summed E-state index contributed by atoms with van der Waals surface area (Å²) < 4.78 is 12.2. The Morgan fingerprint density at radius 1 is 1.19 bits per heavy atom. The Morgan fingerprint density at radius 2 is 1.90 bits per heavy atom. The maximum Gasteiger partial charge on any atom is 0.257 e. The summed E-state index contributed by atoms with van der Waals surface area (Å²) in [6.07, 6.45) is 0.546. The van der Waals surface area contributed by atoms with E-state index in [1.165, 1.54) is 4.57 Å². The van der Waals surface area contributed by atoms with Crippen LogP contribution in [0.2, 0.25) is 0 Å². The van der Waals surface area contributed by atoms with Gasteiger partial charge in [0.2, 0.25) is 10.7 Å². The molecule has 1 amide bonds. The molecule has 2 aromatic carbocycles. The lowest BCUT2D eigenvalue weighted by atomic mass is 10.1. The second-order valence-electron chi connectivity index (χ2n) is 7.14. The van der Waals surface area contributed by atoms with Crippen molar-refractivity contribution >= 4 is 40.8 Å². The van der Waals surface area contributed by atoms with Gasteiger partial charge in [-0.25, -0.2) is 9.55 Å². The standard InChI is InChI=1S/C22H22N4O4S/c1-29-17-10-14-16(11-18(17)30-2)25-22(31)26-20(14)24-15(21(26)28)8-9-19(27)23-12-13-6-4-3-5-7-13/h3-7,10-11,15,24H,8-9,12H2,1-2H3,(H,23,27)/t15-/m1/s1. The summed E-state index contributed by atoms with van der Waals surface area (Å²) in [5.41, 5.74) is 1.61. The number of nitrogens with zero attached hydrogens (tertiary/aromatic N) is 2. The fourth-order valence-corrected chi connectivity index (χ4v) is 3.88. The van der Waals surface area contributed by atoms with E-state index in [1.54, 1.807) is 26.4 Å². The molecule has 0 saturated carbocycles. The van der Waals surface area contributed by atoms with Gasteiger partial charge in [-0.3, -0.25) is 9.59 Å². The SMILES string of the molecule is COc1cc2nc(=S)n3c(c2cc1OC)N[C@H](CCC(=O)NCc1ccccc1)C3=O. The molecule has 1 atom stereocenters. The molecular formula is C22H22N4O4S. The van der Waals surface area contributed by atoms with E-state index in [0.29, 0.717) is 41.2 Å². The van der Waals surface area contributed by atoms with Gasteiger partial charge in [-0.2, -0.15) is 0 Å². The van der Waals surface area contributed by atoms with Crippen LogP contribution >= 0.6 is 12.2 Å². The normalized spacial score (nSPS) is 14.8. The number of nitrogens with one attached hydrogen (secondary N) is 2. The van der Waals surface area contributed by atoms with Crippen LogP contribution in [0, 0.1) is 4.77 Å². The summed E-state index contributed by atoms with van der Waals surface area (Å²) in [6, 6.07) is 12.6. The van der Waals surface area contributed by atoms with Gasteiger partial charge in [-0.1, -0.05) is 30.3 Å². The minimum absolute atomic E-state index is 0.118. The van der Waals surface area contributed by atoms with Crippen molar-refractivity contribution in [1.29, 1.82) is 0 Å². The first-order valence-electron chi connectivity index (χ1n) is 9.82. The highest BCUT2D eigenvalue weighted by molar-refractivity contribution is 7.71. The van der Waals surface area contributed by atoms with E-state index >= 15 is 0 Å². The molecule has 0 saturated heterocycles. The number of rotatable bonds is 7. The number of hydrogen-bond donors (Lipinski definition) is 2. The zero-order valence-corrected chi connectivity index (χ0v) is 18.0. The Hall–Kier alpha value is -3.46. The fraction of sp³-hybridized carbons (Fsp3) is 0.273. The smallest absolute Gasteiger partial charge is 0.257 e. The molecule has 0 fully saturated rings. The predicted octanol–water partition coefficient (Wildman–Crippen LogP) is 3.31. The molecule has 0 bridgehead atoms. The molecule has 1 aliphatic rings. The lowest BCUT2D eigenvalue weighted by Crippen LogP contribution is -2.29. The zero-order chi connectivity index (χ0) is 22.0. The van der Waals surface area contributed by atoms with E-state index in [2.05, 4.69) is 15.6 Å². The number of amides is 1. The second kappa shape index (κ2) is 8.73. The highest BCUT2D eigenvalue weighted by Gasteiger charge is 2.32. The summed E-state index contributed by atoms with van der Waals surface area (Å²) in [5, 5.41) is 6.79. The average Bonchev–Trinajstić information content (AvgIpc) is 3.13. The minimum atomic E-state index is -0.565.